The Morgan fingerprint density at radius 3 is 2.67 bits per heavy atom. The second kappa shape index (κ2) is 15.2. The van der Waals surface area contributed by atoms with Crippen LogP contribution in [0.15, 0.2) is 52.4 Å². The number of rotatable bonds is 10. The Kier molecular flexibility index (Phi) is 11.0. The summed E-state index contributed by atoms with van der Waals surface area (Å²) in [5, 5.41) is 16.0. The third kappa shape index (κ3) is 7.81. The number of nitrogens with zero attached hydrogens (tertiary/aromatic N) is 4. The molecule has 1 saturated heterocycles. The number of nitrogens with two attached hydrogens (primary N) is 1. The maximum absolute atomic E-state index is 13.7. The smallest absolute Gasteiger partial charge is 0.431 e. The van der Waals surface area contributed by atoms with Gasteiger partial charge in [0.15, 0.2) is 10.8 Å². The van der Waals surface area contributed by atoms with Gasteiger partial charge in [0.05, 0.1) is 0 Å². The number of nitrogen functional groups attached to an aromatic ring is 1. The van der Waals surface area contributed by atoms with Gasteiger partial charge in [0, 0.05) is 30.5 Å². The van der Waals surface area contributed by atoms with Gasteiger partial charge in [-0.15, -0.1) is 23.1 Å². The summed E-state index contributed by atoms with van der Waals surface area (Å²) >= 11 is 2.37. The molecule has 4 heterocycles. The summed E-state index contributed by atoms with van der Waals surface area (Å²) in [6.45, 7) is 7.71. The number of hydrogen-bond donors (Lipinski definition) is 3. The van der Waals surface area contributed by atoms with Gasteiger partial charge in [-0.25, -0.2) is 14.6 Å². The number of oxime groups is 1. The van der Waals surface area contributed by atoms with Crippen molar-refractivity contribution in [2.24, 2.45) is 22.9 Å². The average Bonchev–Trinajstić information content (AvgIpc) is 3.47. The molecule has 0 bridgehead atoms. The zero-order valence-electron chi connectivity index (χ0n) is 26.9. The third-order valence-corrected chi connectivity index (χ3v) is 10.4. The van der Waals surface area contributed by atoms with E-state index in [0.717, 1.165) is 36.2 Å². The highest BCUT2D eigenvalue weighted by atomic mass is 32.2. The van der Waals surface area contributed by atoms with Crippen LogP contribution in [0.25, 0.3) is 6.08 Å². The van der Waals surface area contributed by atoms with Gasteiger partial charge in [-0.3, -0.25) is 19.5 Å². The van der Waals surface area contributed by atoms with Crippen LogP contribution in [0.1, 0.15) is 58.2 Å². The number of ether oxygens (including phenoxy) is 3. The van der Waals surface area contributed by atoms with Crippen LogP contribution in [-0.4, -0.2) is 79.3 Å². The van der Waals surface area contributed by atoms with E-state index >= 15 is 0 Å². The Labute approximate surface area is 285 Å². The molecule has 2 aromatic heterocycles. The van der Waals surface area contributed by atoms with Crippen molar-refractivity contribution in [3.63, 3.8) is 0 Å². The molecule has 256 valence electrons. The number of hydrogen-bond acceptors (Lipinski definition) is 14. The summed E-state index contributed by atoms with van der Waals surface area (Å²) in [6, 6.07) is 2.55. The van der Waals surface area contributed by atoms with Crippen molar-refractivity contribution in [1.29, 1.82) is 0 Å². The fourth-order valence-corrected chi connectivity index (χ4v) is 7.88. The number of fused-ring (bicyclic) bond motifs is 1. The molecule has 1 saturated carbocycles. The number of β-lactam (4-membered cyclic amide) rings is 1. The van der Waals surface area contributed by atoms with Gasteiger partial charge in [-0.2, -0.15) is 0 Å². The second-order valence-electron chi connectivity index (χ2n) is 12.2. The molecule has 2 aliphatic heterocycles. The maximum atomic E-state index is 13.7. The molecule has 1 aliphatic carbocycles. The molecule has 3 aliphatic rings. The van der Waals surface area contributed by atoms with Crippen LogP contribution in [-0.2, 0) is 28.6 Å². The van der Waals surface area contributed by atoms with Crippen LogP contribution in [0.2, 0.25) is 0 Å². The third-order valence-electron chi connectivity index (χ3n) is 8.46. The maximum Gasteiger partial charge on any atom is 0.511 e. The summed E-state index contributed by atoms with van der Waals surface area (Å²) in [6.07, 6.45) is 6.88. The van der Waals surface area contributed by atoms with E-state index < -0.39 is 47.4 Å². The number of esters is 1. The molecular formula is C32H38N6O8S2. The molecule has 6 atom stereocenters. The normalized spacial score (nSPS) is 24.9. The minimum atomic E-state index is -1.33. The monoisotopic (exact) mass is 698 g/mol. The first-order valence-corrected chi connectivity index (χ1v) is 17.5. The van der Waals surface area contributed by atoms with Gasteiger partial charge in [0.1, 0.15) is 28.9 Å². The van der Waals surface area contributed by atoms with Crippen LogP contribution >= 0.6 is 23.1 Å². The minimum Gasteiger partial charge on any atom is -0.431 e. The van der Waals surface area contributed by atoms with Crippen molar-refractivity contribution < 1.29 is 38.6 Å². The molecule has 16 heteroatoms. The first-order chi connectivity index (χ1) is 23.0. The summed E-state index contributed by atoms with van der Waals surface area (Å²) in [4.78, 5) is 62.2. The highest BCUT2D eigenvalue weighted by molar-refractivity contribution is 8.00. The number of amides is 2. The SMILES string of the molecule is CC(OC(=O)O[C@@H]1C[C@H](C)CC[C@H]1C(C)C)OC(=O)C1=C(/C=C\c2cccnc2)CS[C@H]2[C@H](NC(=O)C(=NO)c3csc(N)n3)C(=O)N12. The minimum absolute atomic E-state index is 0.0506. The van der Waals surface area contributed by atoms with E-state index in [0.29, 0.717) is 17.4 Å². The Morgan fingerprint density at radius 1 is 1.21 bits per heavy atom. The number of carbonyl (C=O) groups excluding carboxylic acids is 4. The lowest BCUT2D eigenvalue weighted by Crippen LogP contribution is -2.71. The molecule has 4 N–H and O–H groups in total. The van der Waals surface area contributed by atoms with E-state index in [4.69, 9.17) is 19.9 Å². The predicted octanol–water partition coefficient (Wildman–Crippen LogP) is 4.17. The largest absolute Gasteiger partial charge is 0.511 e. The molecule has 1 unspecified atom stereocenters. The van der Waals surface area contributed by atoms with Gasteiger partial charge < -0.3 is 30.5 Å². The van der Waals surface area contributed by atoms with E-state index in [9.17, 15) is 24.4 Å². The summed E-state index contributed by atoms with van der Waals surface area (Å²) in [5.74, 6) is -1.12. The van der Waals surface area contributed by atoms with Crippen molar-refractivity contribution >= 4 is 64.0 Å². The molecule has 48 heavy (non-hydrogen) atoms. The molecule has 0 spiro atoms. The number of nitrogens with one attached hydrogen (secondary N) is 1. The van der Waals surface area contributed by atoms with Crippen molar-refractivity contribution in [2.75, 3.05) is 11.5 Å². The Morgan fingerprint density at radius 2 is 2.00 bits per heavy atom. The number of thioether (sulfide) groups is 1. The van der Waals surface area contributed by atoms with E-state index in [1.807, 2.05) is 6.07 Å². The van der Waals surface area contributed by atoms with Crippen LogP contribution in [0.4, 0.5) is 9.93 Å². The van der Waals surface area contributed by atoms with Gasteiger partial charge in [0.25, 0.3) is 11.8 Å². The first kappa shape index (κ1) is 34.9. The van der Waals surface area contributed by atoms with Crippen molar-refractivity contribution in [2.45, 2.75) is 70.8 Å². The average molecular weight is 699 g/mol. The number of thiazole rings is 1. The first-order valence-electron chi connectivity index (χ1n) is 15.5. The summed E-state index contributed by atoms with van der Waals surface area (Å²) < 4.78 is 16.6. The molecule has 2 fully saturated rings. The van der Waals surface area contributed by atoms with Crippen LogP contribution in [0.3, 0.4) is 0 Å². The van der Waals surface area contributed by atoms with E-state index in [2.05, 4.69) is 41.2 Å². The second-order valence-corrected chi connectivity index (χ2v) is 14.2. The Bertz CT molecular complexity index is 1630. The van der Waals surface area contributed by atoms with Gasteiger partial charge in [-0.05, 0) is 47.8 Å². The topological polar surface area (TPSA) is 196 Å². The quantitative estimate of drug-likeness (QED) is 0.0802. The fourth-order valence-electron chi connectivity index (χ4n) is 6.02. The zero-order chi connectivity index (χ0) is 34.5. The van der Waals surface area contributed by atoms with Crippen LogP contribution < -0.4 is 11.1 Å². The highest BCUT2D eigenvalue weighted by Crippen LogP contribution is 2.41. The lowest BCUT2D eigenvalue weighted by atomic mass is 9.75. The number of pyridine rings is 1. The van der Waals surface area contributed by atoms with Crippen molar-refractivity contribution in [1.82, 2.24) is 20.2 Å². The molecule has 0 aromatic carbocycles. The standard InChI is InChI=1S/C32H38N6O8S2/c1-16(2)21-10-7-17(3)12-23(21)46-32(42)45-18(4)44-30(41)26-20(9-8-19-6-5-11-34-13-19)14-47-29-25(28(40)38(26)29)36-27(39)24(37-43)22-15-48-31(33)35-22/h5-6,8-9,11,13,15-18,21,23,25,29,43H,7,10,12,14H2,1-4H3,(H2,33,35)(H,36,39)/b9-8-,37-24?/t17-,18?,21+,23-,25-,29+/m1/s1. The molecule has 5 rings (SSSR count). The van der Waals surface area contributed by atoms with Crippen molar-refractivity contribution in [3.05, 3.63) is 58.5 Å². The van der Waals surface area contributed by atoms with E-state index in [1.165, 1.54) is 29.0 Å². The fraction of sp³-hybridized carbons (Fsp3) is 0.469. The lowest BCUT2D eigenvalue weighted by molar-refractivity contribution is -0.170. The molecule has 0 radical (unpaired) electrons. The highest BCUT2D eigenvalue weighted by Gasteiger charge is 2.54. The number of aromatic nitrogens is 2. The molecule has 2 amide bonds. The molecule has 14 nitrogen and oxygen atoms in total. The van der Waals surface area contributed by atoms with Crippen LogP contribution in [0.5, 0.6) is 0 Å². The number of allylic oxidation sites excluding steroid dienone is 1. The lowest BCUT2D eigenvalue weighted by Gasteiger charge is -2.49. The van der Waals surface area contributed by atoms with Crippen LogP contribution in [0, 0.1) is 17.8 Å². The molecule has 2 aromatic rings. The number of anilines is 1. The number of carbonyl (C=O) groups is 4. The van der Waals surface area contributed by atoms with E-state index in [1.54, 1.807) is 30.6 Å². The van der Waals surface area contributed by atoms with Gasteiger partial charge in [-0.1, -0.05) is 50.6 Å². The zero-order valence-corrected chi connectivity index (χ0v) is 28.5. The van der Waals surface area contributed by atoms with Crippen molar-refractivity contribution in [3.8, 4) is 0 Å². The van der Waals surface area contributed by atoms with Gasteiger partial charge in [0.2, 0.25) is 6.29 Å². The summed E-state index contributed by atoms with van der Waals surface area (Å²) in [5.41, 5.74) is 6.47. The van der Waals surface area contributed by atoms with Gasteiger partial charge >= 0.3 is 12.1 Å². The molecular weight excluding hydrogens is 661 g/mol. The Hall–Kier alpha value is -4.44. The predicted molar refractivity (Wildman–Crippen MR) is 178 cm³/mol. The Balaban J connectivity index is 1.30. The van der Waals surface area contributed by atoms with E-state index in [-0.39, 0.29) is 34.3 Å². The summed E-state index contributed by atoms with van der Waals surface area (Å²) in [7, 11) is 0.